The molecule has 0 N–H and O–H groups in total. The maximum atomic E-state index is 13.0. The molecule has 0 saturated heterocycles. The van der Waals surface area contributed by atoms with Gasteiger partial charge < -0.3 is 18.9 Å². The zero-order valence-electron chi connectivity index (χ0n) is 17.3. The van der Waals surface area contributed by atoms with Crippen molar-refractivity contribution in [2.24, 2.45) is 0 Å². The van der Waals surface area contributed by atoms with Gasteiger partial charge in [-0.1, -0.05) is 5.16 Å². The third-order valence-electron chi connectivity index (χ3n) is 4.37. The van der Waals surface area contributed by atoms with Crippen LogP contribution in [0.3, 0.4) is 0 Å². The highest BCUT2D eigenvalue weighted by molar-refractivity contribution is 5.94. The molecule has 0 unspecified atom stereocenters. The van der Waals surface area contributed by atoms with Gasteiger partial charge in [0, 0.05) is 24.1 Å². The van der Waals surface area contributed by atoms with Crippen molar-refractivity contribution in [2.75, 3.05) is 7.11 Å². The van der Waals surface area contributed by atoms with Crippen molar-refractivity contribution in [1.29, 1.82) is 0 Å². The molecule has 30 heavy (non-hydrogen) atoms. The van der Waals surface area contributed by atoms with Crippen LogP contribution in [0.25, 0.3) is 11.4 Å². The van der Waals surface area contributed by atoms with Crippen molar-refractivity contribution in [2.45, 2.75) is 33.4 Å². The smallest absolute Gasteiger partial charge is 0.308 e. The summed E-state index contributed by atoms with van der Waals surface area (Å²) in [4.78, 5) is 30.1. The van der Waals surface area contributed by atoms with Crippen LogP contribution < -0.4 is 9.47 Å². The van der Waals surface area contributed by atoms with Gasteiger partial charge in [0.1, 0.15) is 18.0 Å². The van der Waals surface area contributed by atoms with Gasteiger partial charge in [-0.15, -0.1) is 0 Å². The molecule has 1 aromatic heterocycles. The maximum absolute atomic E-state index is 13.0. The second-order valence-electron chi connectivity index (χ2n) is 6.89. The zero-order valence-corrected chi connectivity index (χ0v) is 17.3. The van der Waals surface area contributed by atoms with Crippen LogP contribution in [0.2, 0.25) is 0 Å². The lowest BCUT2D eigenvalue weighted by Crippen LogP contribution is -2.36. The molecule has 8 heteroatoms. The van der Waals surface area contributed by atoms with Gasteiger partial charge in [-0.05, 0) is 62.4 Å². The van der Waals surface area contributed by atoms with Crippen LogP contribution in [-0.2, 0) is 11.3 Å². The molecule has 0 aliphatic heterocycles. The molecule has 8 nitrogen and oxygen atoms in total. The Morgan fingerprint density at radius 2 is 1.67 bits per heavy atom. The van der Waals surface area contributed by atoms with E-state index in [2.05, 4.69) is 10.1 Å². The molecule has 1 heterocycles. The minimum Gasteiger partial charge on any atom is -0.497 e. The SMILES string of the molecule is COc1ccc(-c2noc(CN(C(=O)c3ccc(OC(C)=O)cc3)C(C)C)n2)cc1. The summed E-state index contributed by atoms with van der Waals surface area (Å²) in [6.45, 7) is 5.31. The number of benzene rings is 2. The number of rotatable bonds is 7. The molecule has 156 valence electrons. The monoisotopic (exact) mass is 409 g/mol. The zero-order chi connectivity index (χ0) is 21.7. The van der Waals surface area contributed by atoms with Crippen molar-refractivity contribution in [1.82, 2.24) is 15.0 Å². The first-order chi connectivity index (χ1) is 14.4. The number of carbonyl (C=O) groups is 2. The van der Waals surface area contributed by atoms with Crippen LogP contribution in [0.5, 0.6) is 11.5 Å². The molecule has 0 fully saturated rings. The van der Waals surface area contributed by atoms with E-state index in [4.69, 9.17) is 14.0 Å². The fourth-order valence-electron chi connectivity index (χ4n) is 2.81. The Balaban J connectivity index is 1.74. The van der Waals surface area contributed by atoms with Gasteiger partial charge in [-0.2, -0.15) is 4.98 Å². The molecule has 3 rings (SSSR count). The fourth-order valence-corrected chi connectivity index (χ4v) is 2.81. The van der Waals surface area contributed by atoms with Gasteiger partial charge in [0.25, 0.3) is 5.91 Å². The number of ether oxygens (including phenoxy) is 2. The van der Waals surface area contributed by atoms with Gasteiger partial charge >= 0.3 is 5.97 Å². The molecular formula is C22H23N3O5. The molecule has 0 bridgehead atoms. The van der Waals surface area contributed by atoms with Crippen LogP contribution in [0.15, 0.2) is 53.1 Å². The molecule has 1 amide bonds. The first-order valence-corrected chi connectivity index (χ1v) is 9.44. The molecule has 0 spiro atoms. The van der Waals surface area contributed by atoms with E-state index in [0.29, 0.717) is 23.0 Å². The molecule has 2 aromatic carbocycles. The fraction of sp³-hybridized carbons (Fsp3) is 0.273. The van der Waals surface area contributed by atoms with Crippen LogP contribution >= 0.6 is 0 Å². The molecular weight excluding hydrogens is 386 g/mol. The van der Waals surface area contributed by atoms with Crippen molar-refractivity contribution >= 4 is 11.9 Å². The Labute approximate surface area is 174 Å². The lowest BCUT2D eigenvalue weighted by molar-refractivity contribution is -0.131. The Kier molecular flexibility index (Phi) is 6.46. The van der Waals surface area contributed by atoms with Crippen molar-refractivity contribution < 1.29 is 23.6 Å². The number of amides is 1. The van der Waals surface area contributed by atoms with E-state index in [1.165, 1.54) is 6.92 Å². The highest BCUT2D eigenvalue weighted by atomic mass is 16.5. The second-order valence-corrected chi connectivity index (χ2v) is 6.89. The number of hydrogen-bond donors (Lipinski definition) is 0. The topological polar surface area (TPSA) is 94.8 Å². The predicted molar refractivity (Wildman–Crippen MR) is 109 cm³/mol. The van der Waals surface area contributed by atoms with Crippen LogP contribution in [0, 0.1) is 0 Å². The van der Waals surface area contributed by atoms with Crippen LogP contribution in [0.4, 0.5) is 0 Å². The third kappa shape index (κ3) is 5.02. The predicted octanol–water partition coefficient (Wildman–Crippen LogP) is 3.72. The van der Waals surface area contributed by atoms with E-state index in [1.54, 1.807) is 36.3 Å². The molecule has 0 saturated carbocycles. The first-order valence-electron chi connectivity index (χ1n) is 9.44. The van der Waals surface area contributed by atoms with E-state index in [9.17, 15) is 9.59 Å². The number of hydrogen-bond acceptors (Lipinski definition) is 7. The standard InChI is InChI=1S/C22H23N3O5/c1-14(2)25(22(27)17-7-11-19(12-8-17)29-15(3)26)13-20-23-21(24-30-20)16-5-9-18(28-4)10-6-16/h5-12,14H,13H2,1-4H3. The van der Waals surface area contributed by atoms with Gasteiger partial charge in [0.05, 0.1) is 7.11 Å². The number of nitrogens with zero attached hydrogens (tertiary/aromatic N) is 3. The van der Waals surface area contributed by atoms with Crippen molar-refractivity contribution in [3.05, 3.63) is 60.0 Å². The molecule has 0 atom stereocenters. The summed E-state index contributed by atoms with van der Waals surface area (Å²) in [5.74, 6) is 1.29. The summed E-state index contributed by atoms with van der Waals surface area (Å²) in [6.07, 6.45) is 0. The van der Waals surface area contributed by atoms with E-state index in [1.807, 2.05) is 38.1 Å². The van der Waals surface area contributed by atoms with Crippen LogP contribution in [0.1, 0.15) is 37.0 Å². The van der Waals surface area contributed by atoms with E-state index in [0.717, 1.165) is 11.3 Å². The van der Waals surface area contributed by atoms with Gasteiger partial charge in [0.2, 0.25) is 11.7 Å². The lowest BCUT2D eigenvalue weighted by Gasteiger charge is -2.25. The summed E-state index contributed by atoms with van der Waals surface area (Å²) < 4.78 is 15.5. The summed E-state index contributed by atoms with van der Waals surface area (Å²) in [5, 5.41) is 4.01. The van der Waals surface area contributed by atoms with E-state index in [-0.39, 0.29) is 18.5 Å². The minimum atomic E-state index is -0.415. The Morgan fingerprint density at radius 1 is 1.03 bits per heavy atom. The summed E-state index contributed by atoms with van der Waals surface area (Å²) in [7, 11) is 1.60. The van der Waals surface area contributed by atoms with Gasteiger partial charge in [-0.3, -0.25) is 9.59 Å². The average Bonchev–Trinajstić information content (AvgIpc) is 3.20. The summed E-state index contributed by atoms with van der Waals surface area (Å²) in [5.41, 5.74) is 1.25. The first kappa shape index (κ1) is 21.0. The number of aromatic nitrogens is 2. The minimum absolute atomic E-state index is 0.0954. The highest BCUT2D eigenvalue weighted by Gasteiger charge is 2.22. The quantitative estimate of drug-likeness (QED) is 0.433. The average molecular weight is 409 g/mol. The van der Waals surface area contributed by atoms with Crippen molar-refractivity contribution in [3.63, 3.8) is 0 Å². The van der Waals surface area contributed by atoms with Crippen LogP contribution in [-0.4, -0.2) is 40.1 Å². The summed E-state index contributed by atoms with van der Waals surface area (Å²) in [6, 6.07) is 13.6. The molecule has 0 aliphatic carbocycles. The van der Waals surface area contributed by atoms with Crippen molar-refractivity contribution in [3.8, 4) is 22.9 Å². The normalized spacial score (nSPS) is 10.7. The molecule has 0 aliphatic rings. The Hall–Kier alpha value is -3.68. The third-order valence-corrected chi connectivity index (χ3v) is 4.37. The molecule has 0 radical (unpaired) electrons. The van der Waals surface area contributed by atoms with E-state index < -0.39 is 5.97 Å². The number of methoxy groups -OCH3 is 1. The second kappa shape index (κ2) is 9.21. The van der Waals surface area contributed by atoms with Gasteiger partial charge in [0.15, 0.2) is 0 Å². The Morgan fingerprint density at radius 3 is 2.23 bits per heavy atom. The highest BCUT2D eigenvalue weighted by Crippen LogP contribution is 2.21. The molecule has 3 aromatic rings. The largest absolute Gasteiger partial charge is 0.497 e. The Bertz CT molecular complexity index is 1010. The lowest BCUT2D eigenvalue weighted by atomic mass is 10.1. The van der Waals surface area contributed by atoms with E-state index >= 15 is 0 Å². The number of esters is 1. The summed E-state index contributed by atoms with van der Waals surface area (Å²) >= 11 is 0. The maximum Gasteiger partial charge on any atom is 0.308 e. The van der Waals surface area contributed by atoms with Gasteiger partial charge in [-0.25, -0.2) is 0 Å². The number of carbonyl (C=O) groups excluding carboxylic acids is 2.